The zero-order valence-electron chi connectivity index (χ0n) is 12.5. The highest BCUT2D eigenvalue weighted by Crippen LogP contribution is 2.24. The van der Waals surface area contributed by atoms with E-state index in [2.05, 4.69) is 10.6 Å². The first-order valence-corrected chi connectivity index (χ1v) is 6.91. The van der Waals surface area contributed by atoms with Gasteiger partial charge in [0.1, 0.15) is 5.41 Å². The molecule has 0 saturated carbocycles. The molecule has 0 aliphatic rings. The average Bonchev–Trinajstić information content (AvgIpc) is 2.32. The summed E-state index contributed by atoms with van der Waals surface area (Å²) in [5.41, 5.74) is 0.356. The summed E-state index contributed by atoms with van der Waals surface area (Å²) in [6.07, 6.45) is 0. The second kappa shape index (κ2) is 6.27. The predicted octanol–water partition coefficient (Wildman–Crippen LogP) is 3.14. The van der Waals surface area contributed by atoms with Gasteiger partial charge in [-0.3, -0.25) is 9.59 Å². The molecule has 0 spiro atoms. The van der Waals surface area contributed by atoms with E-state index in [4.69, 9.17) is 11.6 Å². The van der Waals surface area contributed by atoms with Crippen LogP contribution >= 0.6 is 11.6 Å². The number of hydrogen-bond donors (Lipinski definition) is 2. The number of nitrogens with one attached hydrogen (secondary N) is 2. The topological polar surface area (TPSA) is 58.2 Å². The normalized spacial score (nSPS) is 11.3. The number of amides is 2. The van der Waals surface area contributed by atoms with Gasteiger partial charge in [-0.1, -0.05) is 17.7 Å². The van der Waals surface area contributed by atoms with Crippen LogP contribution in [0.3, 0.4) is 0 Å². The fourth-order valence-corrected chi connectivity index (χ4v) is 1.73. The Bertz CT molecular complexity index is 525. The lowest BCUT2D eigenvalue weighted by molar-refractivity contribution is -0.138. The number of anilines is 1. The Balaban J connectivity index is 2.89. The van der Waals surface area contributed by atoms with Crippen LogP contribution in [0.5, 0.6) is 0 Å². The quantitative estimate of drug-likeness (QED) is 0.839. The maximum absolute atomic E-state index is 12.3. The average molecular weight is 297 g/mol. The summed E-state index contributed by atoms with van der Waals surface area (Å²) in [5, 5.41) is 6.05. The Kier molecular flexibility index (Phi) is 5.17. The van der Waals surface area contributed by atoms with Crippen LogP contribution in [0.25, 0.3) is 0 Å². The number of aryl methyl sites for hydroxylation is 1. The first-order valence-electron chi connectivity index (χ1n) is 6.53. The molecule has 0 aromatic heterocycles. The lowest BCUT2D eigenvalue weighted by Crippen LogP contribution is -2.47. The van der Waals surface area contributed by atoms with Gasteiger partial charge in [0.2, 0.25) is 11.8 Å². The van der Waals surface area contributed by atoms with E-state index in [0.29, 0.717) is 10.7 Å². The van der Waals surface area contributed by atoms with Gasteiger partial charge >= 0.3 is 0 Å². The second-order valence-electron chi connectivity index (χ2n) is 5.67. The molecule has 0 bridgehead atoms. The van der Waals surface area contributed by atoms with Crippen molar-refractivity contribution in [1.82, 2.24) is 5.32 Å². The van der Waals surface area contributed by atoms with E-state index in [1.807, 2.05) is 26.8 Å². The van der Waals surface area contributed by atoms with Gasteiger partial charge in [0, 0.05) is 16.8 Å². The number of benzene rings is 1. The molecular formula is C15H21ClN2O2. The van der Waals surface area contributed by atoms with Crippen molar-refractivity contribution >= 4 is 29.1 Å². The molecule has 0 saturated heterocycles. The molecule has 110 valence electrons. The maximum atomic E-state index is 12.3. The summed E-state index contributed by atoms with van der Waals surface area (Å²) in [4.78, 5) is 24.4. The largest absolute Gasteiger partial charge is 0.353 e. The van der Waals surface area contributed by atoms with E-state index >= 15 is 0 Å². The SMILES string of the molecule is Cc1ccc(Cl)cc1NC(=O)C(C)(C)C(=O)NC(C)C. The third-order valence-electron chi connectivity index (χ3n) is 3.00. The van der Waals surface area contributed by atoms with Gasteiger partial charge in [-0.15, -0.1) is 0 Å². The first kappa shape index (κ1) is 16.5. The van der Waals surface area contributed by atoms with E-state index in [1.54, 1.807) is 26.0 Å². The van der Waals surface area contributed by atoms with Gasteiger partial charge in [-0.25, -0.2) is 0 Å². The van der Waals surface area contributed by atoms with E-state index in [-0.39, 0.29) is 17.9 Å². The van der Waals surface area contributed by atoms with Crippen molar-refractivity contribution < 1.29 is 9.59 Å². The van der Waals surface area contributed by atoms with Crippen LogP contribution in [0, 0.1) is 12.3 Å². The van der Waals surface area contributed by atoms with Gasteiger partial charge in [-0.05, 0) is 52.3 Å². The monoisotopic (exact) mass is 296 g/mol. The van der Waals surface area contributed by atoms with Gasteiger partial charge in [0.25, 0.3) is 0 Å². The summed E-state index contributed by atoms with van der Waals surface area (Å²) in [6, 6.07) is 5.23. The molecule has 0 atom stereocenters. The van der Waals surface area contributed by atoms with Crippen molar-refractivity contribution in [2.24, 2.45) is 5.41 Å². The molecular weight excluding hydrogens is 276 g/mol. The third-order valence-corrected chi connectivity index (χ3v) is 3.24. The van der Waals surface area contributed by atoms with Crippen molar-refractivity contribution in [3.63, 3.8) is 0 Å². The van der Waals surface area contributed by atoms with Crippen molar-refractivity contribution in [3.8, 4) is 0 Å². The standard InChI is InChI=1S/C15H21ClN2O2/c1-9(2)17-13(19)15(4,5)14(20)18-12-8-11(16)7-6-10(12)3/h6-9H,1-5H3,(H,17,19)(H,18,20). The van der Waals surface area contributed by atoms with Crippen LogP contribution in [-0.4, -0.2) is 17.9 Å². The first-order chi connectivity index (χ1) is 9.14. The van der Waals surface area contributed by atoms with Crippen molar-refractivity contribution in [2.45, 2.75) is 40.7 Å². The van der Waals surface area contributed by atoms with Crippen molar-refractivity contribution in [3.05, 3.63) is 28.8 Å². The summed E-state index contributed by atoms with van der Waals surface area (Å²) in [6.45, 7) is 8.77. The van der Waals surface area contributed by atoms with Crippen LogP contribution in [-0.2, 0) is 9.59 Å². The molecule has 0 fully saturated rings. The summed E-state index contributed by atoms with van der Waals surface area (Å²) >= 11 is 5.92. The Morgan fingerprint density at radius 2 is 1.80 bits per heavy atom. The molecule has 4 nitrogen and oxygen atoms in total. The summed E-state index contributed by atoms with van der Waals surface area (Å²) in [7, 11) is 0. The minimum absolute atomic E-state index is 0.0116. The highest BCUT2D eigenvalue weighted by molar-refractivity contribution is 6.31. The molecule has 1 rings (SSSR count). The van der Waals surface area contributed by atoms with Crippen molar-refractivity contribution in [2.75, 3.05) is 5.32 Å². The summed E-state index contributed by atoms with van der Waals surface area (Å²) < 4.78 is 0. The van der Waals surface area contributed by atoms with Gasteiger partial charge in [-0.2, -0.15) is 0 Å². The van der Waals surface area contributed by atoms with E-state index in [9.17, 15) is 9.59 Å². The van der Waals surface area contributed by atoms with Crippen LogP contribution in [0.2, 0.25) is 5.02 Å². The molecule has 0 unspecified atom stereocenters. The van der Waals surface area contributed by atoms with E-state index in [1.165, 1.54) is 0 Å². The van der Waals surface area contributed by atoms with Crippen LogP contribution in [0.1, 0.15) is 33.3 Å². The number of rotatable bonds is 4. The van der Waals surface area contributed by atoms with Gasteiger partial charge in [0.05, 0.1) is 0 Å². The number of carbonyl (C=O) groups is 2. The van der Waals surface area contributed by atoms with Crippen LogP contribution in [0.15, 0.2) is 18.2 Å². The lowest BCUT2D eigenvalue weighted by Gasteiger charge is -2.24. The molecule has 1 aromatic carbocycles. The Hall–Kier alpha value is -1.55. The van der Waals surface area contributed by atoms with E-state index in [0.717, 1.165) is 5.56 Å². The molecule has 2 amide bonds. The zero-order chi connectivity index (χ0) is 15.5. The number of halogens is 1. The maximum Gasteiger partial charge on any atom is 0.239 e. The Labute approximate surface area is 124 Å². The minimum Gasteiger partial charge on any atom is -0.353 e. The molecule has 0 heterocycles. The highest BCUT2D eigenvalue weighted by atomic mass is 35.5. The predicted molar refractivity (Wildman–Crippen MR) is 81.9 cm³/mol. The zero-order valence-corrected chi connectivity index (χ0v) is 13.3. The molecule has 1 aromatic rings. The molecule has 2 N–H and O–H groups in total. The third kappa shape index (κ3) is 3.97. The van der Waals surface area contributed by atoms with Crippen LogP contribution in [0.4, 0.5) is 5.69 Å². The number of hydrogen-bond acceptors (Lipinski definition) is 2. The molecule has 0 aliphatic carbocycles. The minimum atomic E-state index is -1.15. The second-order valence-corrected chi connectivity index (χ2v) is 6.10. The summed E-state index contributed by atoms with van der Waals surface area (Å²) in [5.74, 6) is -0.661. The van der Waals surface area contributed by atoms with E-state index < -0.39 is 5.41 Å². The highest BCUT2D eigenvalue weighted by Gasteiger charge is 2.36. The van der Waals surface area contributed by atoms with Gasteiger partial charge in [0.15, 0.2) is 0 Å². The van der Waals surface area contributed by atoms with Gasteiger partial charge < -0.3 is 10.6 Å². The fraction of sp³-hybridized carbons (Fsp3) is 0.467. The Morgan fingerprint density at radius 1 is 1.20 bits per heavy atom. The molecule has 0 aliphatic heterocycles. The fourth-order valence-electron chi connectivity index (χ4n) is 1.55. The smallest absolute Gasteiger partial charge is 0.239 e. The Morgan fingerprint density at radius 3 is 2.35 bits per heavy atom. The molecule has 0 radical (unpaired) electrons. The molecule has 5 heteroatoms. The van der Waals surface area contributed by atoms with Crippen molar-refractivity contribution in [1.29, 1.82) is 0 Å². The van der Waals surface area contributed by atoms with Crippen LogP contribution < -0.4 is 10.6 Å². The number of carbonyl (C=O) groups excluding carboxylic acids is 2. The lowest BCUT2D eigenvalue weighted by atomic mass is 9.90. The molecule has 20 heavy (non-hydrogen) atoms.